The van der Waals surface area contributed by atoms with E-state index in [1.54, 1.807) is 0 Å². The molecule has 2 fully saturated rings. The fourth-order valence-electron chi connectivity index (χ4n) is 3.60. The largest absolute Gasteiger partial charge is 0.658 e. The zero-order valence-corrected chi connectivity index (χ0v) is 19.0. The van der Waals surface area contributed by atoms with Crippen molar-refractivity contribution in [2.45, 2.75) is 0 Å². The van der Waals surface area contributed by atoms with Crippen molar-refractivity contribution in [2.24, 2.45) is 0 Å². The summed E-state index contributed by atoms with van der Waals surface area (Å²) in [5, 5.41) is 0. The first-order valence-electron chi connectivity index (χ1n) is 11.6. The van der Waals surface area contributed by atoms with Crippen molar-refractivity contribution in [1.82, 2.24) is 9.80 Å². The number of benzene rings is 2. The predicted molar refractivity (Wildman–Crippen MR) is 125 cm³/mol. The van der Waals surface area contributed by atoms with Gasteiger partial charge in [0.05, 0.1) is 26.4 Å². The van der Waals surface area contributed by atoms with Crippen LogP contribution in [-0.4, -0.2) is 96.4 Å². The third-order valence-corrected chi connectivity index (χ3v) is 5.58. The van der Waals surface area contributed by atoms with E-state index in [1.165, 1.54) is 7.69 Å². The molecular weight excluding hydrogens is 423 g/mol. The first-order valence-corrected chi connectivity index (χ1v) is 11.6. The Morgan fingerprint density at radius 2 is 0.939 bits per heavy atom. The maximum atomic E-state index is 5.81. The van der Waals surface area contributed by atoms with Crippen LogP contribution in [0.5, 0.6) is 23.0 Å². The molecule has 2 saturated heterocycles. The van der Waals surface area contributed by atoms with Crippen molar-refractivity contribution in [2.75, 3.05) is 78.9 Å². The average Bonchev–Trinajstić information content (AvgIpc) is 2.87. The Bertz CT molecular complexity index is 728. The molecule has 4 rings (SSSR count). The Morgan fingerprint density at radius 3 is 1.33 bits per heavy atom. The summed E-state index contributed by atoms with van der Waals surface area (Å²) < 4.78 is 33.4. The van der Waals surface area contributed by atoms with Crippen LogP contribution in [0.3, 0.4) is 0 Å². The van der Waals surface area contributed by atoms with Crippen molar-refractivity contribution in [3.05, 3.63) is 48.5 Å². The van der Waals surface area contributed by atoms with Gasteiger partial charge >= 0.3 is 7.69 Å². The van der Waals surface area contributed by atoms with Crippen molar-refractivity contribution in [3.63, 3.8) is 0 Å². The molecule has 0 spiro atoms. The minimum atomic E-state index is 0.655. The van der Waals surface area contributed by atoms with E-state index in [2.05, 4.69) is 9.80 Å². The molecule has 0 atom stereocenters. The monoisotopic (exact) mass is 455 g/mol. The summed E-state index contributed by atoms with van der Waals surface area (Å²) in [7, 11) is 1.32. The highest BCUT2D eigenvalue weighted by Gasteiger charge is 2.11. The molecule has 2 aliphatic heterocycles. The van der Waals surface area contributed by atoms with Gasteiger partial charge in [0, 0.05) is 39.3 Å². The first kappa shape index (κ1) is 23.7. The SMILES string of the molecule is [B](Oc1ccc(OCCN2CCOCC2)cc1)Oc1ccc(OCCN2CCOCC2)cc1. The second-order valence-electron chi connectivity index (χ2n) is 7.88. The molecular formula is C24H32BN2O6. The predicted octanol–water partition coefficient (Wildman–Crippen LogP) is 2.10. The lowest BCUT2D eigenvalue weighted by atomic mass is 10.3. The van der Waals surface area contributed by atoms with Crippen LogP contribution in [0.4, 0.5) is 0 Å². The van der Waals surface area contributed by atoms with E-state index < -0.39 is 0 Å². The molecule has 0 N–H and O–H groups in total. The normalized spacial score (nSPS) is 17.3. The number of ether oxygens (including phenoxy) is 4. The summed E-state index contributed by atoms with van der Waals surface area (Å²) in [5.41, 5.74) is 0. The Balaban J connectivity index is 1.09. The number of rotatable bonds is 12. The summed E-state index contributed by atoms with van der Waals surface area (Å²) in [4.78, 5) is 4.69. The molecule has 0 saturated carbocycles. The molecule has 0 aliphatic carbocycles. The molecule has 2 aromatic rings. The van der Waals surface area contributed by atoms with Gasteiger partial charge in [0.1, 0.15) is 36.2 Å². The Labute approximate surface area is 196 Å². The Kier molecular flexibility index (Phi) is 9.55. The molecule has 0 amide bonds. The molecule has 0 aromatic heterocycles. The lowest BCUT2D eigenvalue weighted by Gasteiger charge is -2.26. The third kappa shape index (κ3) is 8.44. The first-order chi connectivity index (χ1) is 16.3. The number of hydrogen-bond acceptors (Lipinski definition) is 8. The molecule has 2 aliphatic rings. The minimum absolute atomic E-state index is 0.655. The van der Waals surface area contributed by atoms with Crippen LogP contribution in [0.15, 0.2) is 48.5 Å². The highest BCUT2D eigenvalue weighted by Crippen LogP contribution is 2.19. The molecule has 0 unspecified atom stereocenters. The van der Waals surface area contributed by atoms with Crippen LogP contribution in [0, 0.1) is 0 Å². The lowest BCUT2D eigenvalue weighted by Crippen LogP contribution is -2.38. The summed E-state index contributed by atoms with van der Waals surface area (Å²) in [6.45, 7) is 10.2. The van der Waals surface area contributed by atoms with E-state index in [4.69, 9.17) is 28.3 Å². The van der Waals surface area contributed by atoms with Gasteiger partial charge in [-0.25, -0.2) is 0 Å². The second-order valence-corrected chi connectivity index (χ2v) is 7.88. The van der Waals surface area contributed by atoms with Gasteiger partial charge in [0.15, 0.2) is 0 Å². The fourth-order valence-corrected chi connectivity index (χ4v) is 3.60. The number of hydrogen-bond donors (Lipinski definition) is 0. The smallest absolute Gasteiger partial charge is 0.526 e. The number of morpholine rings is 2. The zero-order valence-electron chi connectivity index (χ0n) is 19.0. The van der Waals surface area contributed by atoms with Gasteiger partial charge in [0.2, 0.25) is 0 Å². The summed E-state index contributed by atoms with van der Waals surface area (Å²) >= 11 is 0. The van der Waals surface area contributed by atoms with Crippen LogP contribution < -0.4 is 18.8 Å². The summed E-state index contributed by atoms with van der Waals surface area (Å²) in [6, 6.07) is 15.0. The van der Waals surface area contributed by atoms with Gasteiger partial charge in [-0.2, -0.15) is 0 Å². The van der Waals surface area contributed by atoms with E-state index in [0.29, 0.717) is 24.7 Å². The second kappa shape index (κ2) is 13.3. The molecule has 177 valence electrons. The van der Waals surface area contributed by atoms with Crippen LogP contribution in [0.25, 0.3) is 0 Å². The molecule has 2 heterocycles. The van der Waals surface area contributed by atoms with Crippen LogP contribution >= 0.6 is 0 Å². The molecule has 33 heavy (non-hydrogen) atoms. The van der Waals surface area contributed by atoms with Gasteiger partial charge in [-0.3, -0.25) is 9.80 Å². The standard InChI is InChI=1S/C24H32BN2O6/c1-5-23(6-2-21(1)30-19-13-26-9-15-28-16-10-26)32-25-33-24-7-3-22(4-8-24)31-20-14-27-11-17-29-18-12-27/h1-8H,9-20H2. The minimum Gasteiger partial charge on any atom is -0.526 e. The van der Waals surface area contributed by atoms with E-state index in [1.807, 2.05) is 48.5 Å². The topological polar surface area (TPSA) is 61.9 Å². The third-order valence-electron chi connectivity index (χ3n) is 5.58. The van der Waals surface area contributed by atoms with Gasteiger partial charge < -0.3 is 28.3 Å². The van der Waals surface area contributed by atoms with Crippen LogP contribution in [-0.2, 0) is 9.47 Å². The maximum Gasteiger partial charge on any atom is 0.658 e. The van der Waals surface area contributed by atoms with E-state index >= 15 is 0 Å². The zero-order chi connectivity index (χ0) is 22.6. The van der Waals surface area contributed by atoms with Gasteiger partial charge in [-0.05, 0) is 48.5 Å². The Morgan fingerprint density at radius 1 is 0.576 bits per heavy atom. The fraction of sp³-hybridized carbons (Fsp3) is 0.500. The summed E-state index contributed by atoms with van der Waals surface area (Å²) in [6.07, 6.45) is 0. The van der Waals surface area contributed by atoms with Crippen LogP contribution in [0.2, 0.25) is 0 Å². The average molecular weight is 455 g/mol. The van der Waals surface area contributed by atoms with Crippen molar-refractivity contribution in [1.29, 1.82) is 0 Å². The van der Waals surface area contributed by atoms with E-state index in [9.17, 15) is 0 Å². The van der Waals surface area contributed by atoms with Gasteiger partial charge in [-0.1, -0.05) is 0 Å². The van der Waals surface area contributed by atoms with Crippen LogP contribution in [0.1, 0.15) is 0 Å². The van der Waals surface area contributed by atoms with Gasteiger partial charge in [-0.15, -0.1) is 0 Å². The van der Waals surface area contributed by atoms with E-state index in [0.717, 1.165) is 77.2 Å². The van der Waals surface area contributed by atoms with Crippen molar-refractivity contribution < 1.29 is 28.3 Å². The molecule has 1 radical (unpaired) electrons. The molecule has 9 heteroatoms. The highest BCUT2D eigenvalue weighted by atomic mass is 16.6. The lowest BCUT2D eigenvalue weighted by molar-refractivity contribution is 0.0321. The maximum absolute atomic E-state index is 5.81. The van der Waals surface area contributed by atoms with E-state index in [-0.39, 0.29) is 0 Å². The quantitative estimate of drug-likeness (QED) is 0.451. The van der Waals surface area contributed by atoms with Crippen molar-refractivity contribution in [3.8, 4) is 23.0 Å². The molecule has 8 nitrogen and oxygen atoms in total. The van der Waals surface area contributed by atoms with Crippen molar-refractivity contribution >= 4 is 7.69 Å². The number of nitrogens with zero attached hydrogens (tertiary/aromatic N) is 2. The Hall–Kier alpha value is -2.46. The van der Waals surface area contributed by atoms with Gasteiger partial charge in [0.25, 0.3) is 0 Å². The molecule has 0 bridgehead atoms. The molecule has 2 aromatic carbocycles. The summed E-state index contributed by atoms with van der Waals surface area (Å²) in [5.74, 6) is 3.00. The highest BCUT2D eigenvalue weighted by molar-refractivity contribution is 6.20.